The van der Waals surface area contributed by atoms with Gasteiger partial charge in [0.05, 0.1) is 24.0 Å². The first-order valence-corrected chi connectivity index (χ1v) is 9.97. The third-order valence-electron chi connectivity index (χ3n) is 3.91. The average Bonchev–Trinajstić information content (AvgIpc) is 2.67. The molecule has 0 heterocycles. The van der Waals surface area contributed by atoms with Gasteiger partial charge < -0.3 is 10.1 Å². The van der Waals surface area contributed by atoms with Gasteiger partial charge in [-0.3, -0.25) is 9.59 Å². The Bertz CT molecular complexity index is 958. The highest BCUT2D eigenvalue weighted by atomic mass is 32.2. The van der Waals surface area contributed by atoms with Crippen LogP contribution < -0.4 is 5.32 Å². The van der Waals surface area contributed by atoms with E-state index in [1.807, 2.05) is 0 Å². The lowest BCUT2D eigenvalue weighted by atomic mass is 10.0. The molecule has 6 nitrogen and oxygen atoms in total. The van der Waals surface area contributed by atoms with Gasteiger partial charge in [0.15, 0.2) is 0 Å². The first-order valence-electron chi connectivity index (χ1n) is 8.49. The number of esters is 1. The fraction of sp³-hybridized carbons (Fsp3) is 0.263. The molecule has 1 unspecified atom stereocenters. The number of carbonyl (C=O) groups excluding carboxylic acids is 2. The van der Waals surface area contributed by atoms with Gasteiger partial charge in [0.2, 0.25) is 0 Å². The van der Waals surface area contributed by atoms with Crippen LogP contribution in [0.2, 0.25) is 0 Å². The summed E-state index contributed by atoms with van der Waals surface area (Å²) in [6.07, 6.45) is -0.149. The van der Waals surface area contributed by atoms with Gasteiger partial charge >= 0.3 is 11.5 Å². The molecule has 0 aliphatic rings. The minimum atomic E-state index is -5.50. The fourth-order valence-corrected chi connectivity index (χ4v) is 3.25. The summed E-state index contributed by atoms with van der Waals surface area (Å²) in [5.74, 6) is -1.22. The van der Waals surface area contributed by atoms with Gasteiger partial charge in [0.1, 0.15) is 0 Å². The minimum absolute atomic E-state index is 0.0593. The zero-order valence-corrected chi connectivity index (χ0v) is 16.1. The Labute approximate surface area is 165 Å². The predicted molar refractivity (Wildman–Crippen MR) is 97.6 cm³/mol. The van der Waals surface area contributed by atoms with E-state index < -0.39 is 38.2 Å². The first-order chi connectivity index (χ1) is 13.6. The van der Waals surface area contributed by atoms with Crippen LogP contribution in [-0.4, -0.2) is 32.4 Å². The number of nitrogens with one attached hydrogen (secondary N) is 1. The lowest BCUT2D eigenvalue weighted by Crippen LogP contribution is -2.30. The van der Waals surface area contributed by atoms with Crippen molar-refractivity contribution in [3.63, 3.8) is 0 Å². The summed E-state index contributed by atoms with van der Waals surface area (Å²) >= 11 is 0. The number of carbonyl (C=O) groups is 2. The molecular weight excluding hydrogens is 411 g/mol. The highest BCUT2D eigenvalue weighted by Gasteiger charge is 2.46. The van der Waals surface area contributed by atoms with Crippen LogP contribution in [0, 0.1) is 0 Å². The van der Waals surface area contributed by atoms with Crippen LogP contribution in [0.25, 0.3) is 0 Å². The van der Waals surface area contributed by atoms with Crippen molar-refractivity contribution < 1.29 is 35.9 Å². The molecule has 2 rings (SSSR count). The molecule has 0 fully saturated rings. The zero-order valence-electron chi connectivity index (χ0n) is 15.3. The maximum Gasteiger partial charge on any atom is 0.501 e. The van der Waals surface area contributed by atoms with E-state index in [9.17, 15) is 31.2 Å². The van der Waals surface area contributed by atoms with Crippen LogP contribution in [-0.2, 0) is 19.4 Å². The van der Waals surface area contributed by atoms with Gasteiger partial charge in [-0.1, -0.05) is 30.3 Å². The van der Waals surface area contributed by atoms with Gasteiger partial charge in [-0.2, -0.15) is 13.2 Å². The second-order valence-corrected chi connectivity index (χ2v) is 7.86. The number of amides is 1. The van der Waals surface area contributed by atoms with Crippen LogP contribution in [0.3, 0.4) is 0 Å². The second-order valence-electron chi connectivity index (χ2n) is 5.92. The summed E-state index contributed by atoms with van der Waals surface area (Å²) in [5.41, 5.74) is -4.87. The Kier molecular flexibility index (Phi) is 7.02. The van der Waals surface area contributed by atoms with Crippen molar-refractivity contribution in [1.82, 2.24) is 5.32 Å². The monoisotopic (exact) mass is 429 g/mol. The Morgan fingerprint density at radius 2 is 1.62 bits per heavy atom. The third-order valence-corrected chi connectivity index (χ3v) is 5.42. The maximum atomic E-state index is 12.6. The Hall–Kier alpha value is -2.88. The van der Waals surface area contributed by atoms with Crippen molar-refractivity contribution in [3.8, 4) is 0 Å². The molecule has 2 aromatic carbocycles. The molecule has 1 N–H and O–H groups in total. The van der Waals surface area contributed by atoms with Gasteiger partial charge in [-0.15, -0.1) is 0 Å². The Morgan fingerprint density at radius 3 is 2.14 bits per heavy atom. The van der Waals surface area contributed by atoms with E-state index in [0.29, 0.717) is 17.7 Å². The van der Waals surface area contributed by atoms with Crippen molar-refractivity contribution in [1.29, 1.82) is 0 Å². The van der Waals surface area contributed by atoms with Crippen molar-refractivity contribution in [2.75, 3.05) is 6.61 Å². The SMILES string of the molecule is CCOC(=O)CC(NC(=O)c1ccc(S(=O)(=O)C(F)(F)F)cc1)c1ccccc1. The number of alkyl halides is 3. The quantitative estimate of drug-likeness (QED) is 0.682. The van der Waals surface area contributed by atoms with E-state index in [4.69, 9.17) is 4.74 Å². The molecule has 0 saturated heterocycles. The van der Waals surface area contributed by atoms with E-state index in [2.05, 4.69) is 5.32 Å². The summed E-state index contributed by atoms with van der Waals surface area (Å²) in [5, 5.41) is 2.62. The molecule has 10 heteroatoms. The molecule has 1 amide bonds. The largest absolute Gasteiger partial charge is 0.501 e. The number of hydrogen-bond acceptors (Lipinski definition) is 5. The Morgan fingerprint density at radius 1 is 1.03 bits per heavy atom. The standard InChI is InChI=1S/C19H18F3NO5S/c1-2-28-17(24)12-16(13-6-4-3-5-7-13)23-18(25)14-8-10-15(11-9-14)29(26,27)19(20,21)22/h3-11,16H,2,12H2,1H3,(H,23,25). The zero-order chi connectivity index (χ0) is 21.7. The van der Waals surface area contributed by atoms with E-state index in [-0.39, 0.29) is 18.6 Å². The van der Waals surface area contributed by atoms with Crippen LogP contribution in [0.4, 0.5) is 13.2 Å². The highest BCUT2D eigenvalue weighted by molar-refractivity contribution is 7.92. The maximum absolute atomic E-state index is 12.6. The summed E-state index contributed by atoms with van der Waals surface area (Å²) in [6, 6.07) is 11.2. The van der Waals surface area contributed by atoms with Crippen LogP contribution in [0.5, 0.6) is 0 Å². The highest BCUT2D eigenvalue weighted by Crippen LogP contribution is 2.30. The molecule has 0 aliphatic carbocycles. The van der Waals surface area contributed by atoms with Crippen molar-refractivity contribution >= 4 is 21.7 Å². The molecule has 1 atom stereocenters. The van der Waals surface area contributed by atoms with Gasteiger partial charge in [0, 0.05) is 5.56 Å². The van der Waals surface area contributed by atoms with Crippen molar-refractivity contribution in [3.05, 3.63) is 65.7 Å². The summed E-state index contributed by atoms with van der Waals surface area (Å²) in [4.78, 5) is 23.4. The summed E-state index contributed by atoms with van der Waals surface area (Å²) < 4.78 is 65.5. The number of benzene rings is 2. The molecule has 0 radical (unpaired) electrons. The second kappa shape index (κ2) is 9.08. The smallest absolute Gasteiger partial charge is 0.466 e. The van der Waals surface area contributed by atoms with E-state index in [0.717, 1.165) is 12.1 Å². The third kappa shape index (κ3) is 5.57. The fourth-order valence-electron chi connectivity index (χ4n) is 2.48. The van der Waals surface area contributed by atoms with Gasteiger partial charge in [-0.25, -0.2) is 8.42 Å². The number of hydrogen-bond donors (Lipinski definition) is 1. The molecule has 0 bridgehead atoms. The lowest BCUT2D eigenvalue weighted by molar-refractivity contribution is -0.143. The molecule has 0 aromatic heterocycles. The molecule has 2 aromatic rings. The molecule has 29 heavy (non-hydrogen) atoms. The predicted octanol–water partition coefficient (Wildman–Crippen LogP) is 3.40. The van der Waals surface area contributed by atoms with Crippen LogP contribution >= 0.6 is 0 Å². The summed E-state index contributed by atoms with van der Waals surface area (Å²) in [6.45, 7) is 1.81. The van der Waals surface area contributed by atoms with Crippen LogP contribution in [0.15, 0.2) is 59.5 Å². The summed E-state index contributed by atoms with van der Waals surface area (Å²) in [7, 11) is -5.50. The molecular formula is C19H18F3NO5S. The lowest BCUT2D eigenvalue weighted by Gasteiger charge is -2.18. The molecule has 0 aliphatic heterocycles. The van der Waals surface area contributed by atoms with Gasteiger partial charge in [0.25, 0.3) is 15.7 Å². The first kappa shape index (κ1) is 22.4. The topological polar surface area (TPSA) is 89.5 Å². The number of rotatable bonds is 7. The van der Waals surface area contributed by atoms with E-state index in [1.165, 1.54) is 0 Å². The number of halogens is 3. The van der Waals surface area contributed by atoms with Gasteiger partial charge in [-0.05, 0) is 36.8 Å². The van der Waals surface area contributed by atoms with Crippen molar-refractivity contribution in [2.24, 2.45) is 0 Å². The van der Waals surface area contributed by atoms with E-state index in [1.54, 1.807) is 37.3 Å². The molecule has 156 valence electrons. The minimum Gasteiger partial charge on any atom is -0.466 e. The van der Waals surface area contributed by atoms with Crippen molar-refractivity contribution in [2.45, 2.75) is 29.8 Å². The van der Waals surface area contributed by atoms with Crippen LogP contribution in [0.1, 0.15) is 35.3 Å². The average molecular weight is 429 g/mol. The number of sulfone groups is 1. The number of ether oxygens (including phenoxy) is 1. The van der Waals surface area contributed by atoms with E-state index >= 15 is 0 Å². The normalized spacial score (nSPS) is 12.8. The Balaban J connectivity index is 2.22. The molecule has 0 spiro atoms. The molecule has 0 saturated carbocycles.